The highest BCUT2D eigenvalue weighted by molar-refractivity contribution is 5.92. The van der Waals surface area contributed by atoms with E-state index in [1.807, 2.05) is 12.1 Å². The first-order valence-corrected chi connectivity index (χ1v) is 9.38. The summed E-state index contributed by atoms with van der Waals surface area (Å²) in [4.78, 5) is 17.5. The van der Waals surface area contributed by atoms with E-state index in [-0.39, 0.29) is 11.8 Å². The number of hydrogen-bond donors (Lipinski definition) is 1. The standard InChI is InChI=1S/C22H25N3O/c1-14(2)16-5-8-18(9-6-16)23-22(26)17-7-10-19-20(12-17)25-13-15(3)4-11-21(25)24-19/h4-6,8-9,11,13-14,17H,7,10,12H2,1-3H3,(H,23,26). The third kappa shape index (κ3) is 3.12. The average molecular weight is 347 g/mol. The minimum atomic E-state index is -0.00677. The van der Waals surface area contributed by atoms with E-state index in [0.717, 1.165) is 36.3 Å². The van der Waals surface area contributed by atoms with Gasteiger partial charge in [0, 0.05) is 29.9 Å². The molecule has 1 aromatic carbocycles. The van der Waals surface area contributed by atoms with Gasteiger partial charge in [-0.1, -0.05) is 32.0 Å². The largest absolute Gasteiger partial charge is 0.326 e. The number of nitrogens with one attached hydrogen (secondary N) is 1. The highest BCUT2D eigenvalue weighted by Crippen LogP contribution is 2.28. The number of hydrogen-bond acceptors (Lipinski definition) is 2. The summed E-state index contributed by atoms with van der Waals surface area (Å²) >= 11 is 0. The first kappa shape index (κ1) is 16.8. The van der Waals surface area contributed by atoms with Gasteiger partial charge in [0.15, 0.2) is 0 Å². The maximum atomic E-state index is 12.8. The van der Waals surface area contributed by atoms with Crippen LogP contribution in [0, 0.1) is 12.8 Å². The molecular formula is C22H25N3O. The van der Waals surface area contributed by atoms with Crippen molar-refractivity contribution in [2.75, 3.05) is 5.32 Å². The van der Waals surface area contributed by atoms with Crippen molar-refractivity contribution in [3.8, 4) is 0 Å². The third-order valence-corrected chi connectivity index (χ3v) is 5.33. The zero-order valence-electron chi connectivity index (χ0n) is 15.6. The number of pyridine rings is 1. The first-order valence-electron chi connectivity index (χ1n) is 9.38. The molecule has 1 amide bonds. The van der Waals surface area contributed by atoms with Gasteiger partial charge < -0.3 is 9.72 Å². The van der Waals surface area contributed by atoms with Crippen molar-refractivity contribution < 1.29 is 4.79 Å². The summed E-state index contributed by atoms with van der Waals surface area (Å²) in [5, 5.41) is 3.09. The minimum Gasteiger partial charge on any atom is -0.326 e. The Morgan fingerprint density at radius 3 is 2.69 bits per heavy atom. The lowest BCUT2D eigenvalue weighted by Gasteiger charge is -2.21. The Labute approximate surface area is 154 Å². The molecule has 1 atom stereocenters. The van der Waals surface area contributed by atoms with E-state index < -0.39 is 0 Å². The Kier molecular flexibility index (Phi) is 4.27. The second kappa shape index (κ2) is 6.60. The molecule has 0 fully saturated rings. The number of anilines is 1. The van der Waals surface area contributed by atoms with Gasteiger partial charge in [0.1, 0.15) is 5.65 Å². The maximum absolute atomic E-state index is 12.8. The van der Waals surface area contributed by atoms with Gasteiger partial charge in [0.25, 0.3) is 0 Å². The Balaban J connectivity index is 1.52. The summed E-state index contributed by atoms with van der Waals surface area (Å²) in [5.74, 6) is 0.596. The number of fused-ring (bicyclic) bond motifs is 3. The summed E-state index contributed by atoms with van der Waals surface area (Å²) < 4.78 is 2.15. The molecular weight excluding hydrogens is 322 g/mol. The fourth-order valence-corrected chi connectivity index (χ4v) is 3.73. The molecule has 1 N–H and O–H groups in total. The van der Waals surface area contributed by atoms with Crippen LogP contribution in [-0.4, -0.2) is 15.3 Å². The number of imidazole rings is 1. The molecule has 1 aliphatic carbocycles. The van der Waals surface area contributed by atoms with Crippen molar-refractivity contribution in [3.63, 3.8) is 0 Å². The number of aromatic nitrogens is 2. The number of amides is 1. The molecule has 0 radical (unpaired) electrons. The number of aryl methyl sites for hydroxylation is 2. The van der Waals surface area contributed by atoms with Crippen molar-refractivity contribution in [2.45, 2.75) is 46.0 Å². The molecule has 3 aromatic rings. The van der Waals surface area contributed by atoms with Crippen molar-refractivity contribution in [1.82, 2.24) is 9.38 Å². The van der Waals surface area contributed by atoms with E-state index in [9.17, 15) is 4.79 Å². The van der Waals surface area contributed by atoms with Crippen LogP contribution in [0.1, 0.15) is 48.7 Å². The molecule has 26 heavy (non-hydrogen) atoms. The zero-order valence-corrected chi connectivity index (χ0v) is 15.6. The quantitative estimate of drug-likeness (QED) is 0.758. The van der Waals surface area contributed by atoms with Crippen LogP contribution in [0.3, 0.4) is 0 Å². The van der Waals surface area contributed by atoms with Gasteiger partial charge in [-0.15, -0.1) is 0 Å². The van der Waals surface area contributed by atoms with Gasteiger partial charge in [-0.25, -0.2) is 4.98 Å². The second-order valence-corrected chi connectivity index (χ2v) is 7.65. The van der Waals surface area contributed by atoms with Crippen LogP contribution in [0.4, 0.5) is 5.69 Å². The molecule has 4 nitrogen and oxygen atoms in total. The summed E-state index contributed by atoms with van der Waals surface area (Å²) in [6.45, 7) is 6.43. The lowest BCUT2D eigenvalue weighted by molar-refractivity contribution is -0.120. The van der Waals surface area contributed by atoms with Gasteiger partial charge in [0.2, 0.25) is 5.91 Å². The number of nitrogens with zero attached hydrogens (tertiary/aromatic N) is 2. The highest BCUT2D eigenvalue weighted by atomic mass is 16.1. The van der Waals surface area contributed by atoms with E-state index in [1.165, 1.54) is 16.8 Å². The van der Waals surface area contributed by atoms with E-state index >= 15 is 0 Å². The van der Waals surface area contributed by atoms with Crippen LogP contribution in [0.2, 0.25) is 0 Å². The Morgan fingerprint density at radius 1 is 1.19 bits per heavy atom. The Bertz CT molecular complexity index is 953. The van der Waals surface area contributed by atoms with Gasteiger partial charge in [0.05, 0.1) is 5.69 Å². The predicted octanol–water partition coefficient (Wildman–Crippen LogP) is 4.51. The first-order chi connectivity index (χ1) is 12.5. The van der Waals surface area contributed by atoms with Gasteiger partial charge in [-0.2, -0.15) is 0 Å². The molecule has 0 spiro atoms. The molecule has 1 aliphatic rings. The summed E-state index contributed by atoms with van der Waals surface area (Å²) in [6.07, 6.45) is 4.58. The van der Waals surface area contributed by atoms with Gasteiger partial charge in [-0.3, -0.25) is 4.79 Å². The second-order valence-electron chi connectivity index (χ2n) is 7.65. The molecule has 4 heteroatoms. The molecule has 4 rings (SSSR count). The smallest absolute Gasteiger partial charge is 0.227 e. The van der Waals surface area contributed by atoms with E-state index in [1.54, 1.807) is 0 Å². The van der Waals surface area contributed by atoms with Gasteiger partial charge in [-0.05, 0) is 55.0 Å². The van der Waals surface area contributed by atoms with Crippen molar-refractivity contribution in [3.05, 3.63) is 65.1 Å². The molecule has 0 bridgehead atoms. The predicted molar refractivity (Wildman–Crippen MR) is 105 cm³/mol. The number of carbonyl (C=O) groups is 1. The minimum absolute atomic E-state index is 0.00677. The Morgan fingerprint density at radius 2 is 1.96 bits per heavy atom. The van der Waals surface area contributed by atoms with E-state index in [4.69, 9.17) is 4.98 Å². The van der Waals surface area contributed by atoms with Crippen LogP contribution in [0.25, 0.3) is 5.65 Å². The van der Waals surface area contributed by atoms with Crippen LogP contribution in [-0.2, 0) is 17.6 Å². The van der Waals surface area contributed by atoms with Crippen LogP contribution in [0.5, 0.6) is 0 Å². The average Bonchev–Trinajstić information content (AvgIpc) is 2.99. The van der Waals surface area contributed by atoms with Crippen LogP contribution in [0.15, 0.2) is 42.6 Å². The zero-order chi connectivity index (χ0) is 18.3. The number of benzene rings is 1. The maximum Gasteiger partial charge on any atom is 0.227 e. The fraction of sp³-hybridized carbons (Fsp3) is 0.364. The lowest BCUT2D eigenvalue weighted by atomic mass is 9.89. The monoisotopic (exact) mass is 347 g/mol. The number of carbonyl (C=O) groups excluding carboxylic acids is 1. The molecule has 0 saturated heterocycles. The molecule has 0 aliphatic heterocycles. The summed E-state index contributed by atoms with van der Waals surface area (Å²) in [7, 11) is 0. The normalized spacial score (nSPS) is 16.7. The third-order valence-electron chi connectivity index (χ3n) is 5.33. The van der Waals surface area contributed by atoms with Crippen molar-refractivity contribution in [2.24, 2.45) is 5.92 Å². The Hall–Kier alpha value is -2.62. The molecule has 134 valence electrons. The fourth-order valence-electron chi connectivity index (χ4n) is 3.73. The SMILES string of the molecule is Cc1ccc2nc3c(n2c1)CC(C(=O)Nc1ccc(C(C)C)cc1)CC3. The van der Waals surface area contributed by atoms with Gasteiger partial charge >= 0.3 is 0 Å². The number of rotatable bonds is 3. The molecule has 2 aromatic heterocycles. The lowest BCUT2D eigenvalue weighted by Crippen LogP contribution is -2.28. The van der Waals surface area contributed by atoms with E-state index in [0.29, 0.717) is 5.92 Å². The van der Waals surface area contributed by atoms with Crippen LogP contribution < -0.4 is 5.32 Å². The molecule has 1 unspecified atom stereocenters. The topological polar surface area (TPSA) is 46.4 Å². The summed E-state index contributed by atoms with van der Waals surface area (Å²) in [6, 6.07) is 12.3. The molecule has 2 heterocycles. The summed E-state index contributed by atoms with van der Waals surface area (Å²) in [5.41, 5.74) is 6.66. The molecule has 0 saturated carbocycles. The van der Waals surface area contributed by atoms with Crippen molar-refractivity contribution in [1.29, 1.82) is 0 Å². The highest BCUT2D eigenvalue weighted by Gasteiger charge is 2.28. The van der Waals surface area contributed by atoms with E-state index in [2.05, 4.69) is 61.0 Å². The van der Waals surface area contributed by atoms with Crippen LogP contribution >= 0.6 is 0 Å². The van der Waals surface area contributed by atoms with Crippen molar-refractivity contribution >= 4 is 17.2 Å².